The molecule has 0 amide bonds. The third kappa shape index (κ3) is 7.57. The molecule has 0 unspecified atom stereocenters. The molecule has 0 N–H and O–H groups in total. The number of unbranched alkanes of at least 4 members (excludes halogenated alkanes) is 4. The summed E-state index contributed by atoms with van der Waals surface area (Å²) < 4.78 is 18.4. The molecule has 3 heteroatoms. The Labute approximate surface area is 213 Å². The van der Waals surface area contributed by atoms with E-state index in [1.165, 1.54) is 81.8 Å². The molecule has 2 fully saturated rings. The van der Waals surface area contributed by atoms with E-state index >= 15 is 0 Å². The van der Waals surface area contributed by atoms with Crippen molar-refractivity contribution in [3.63, 3.8) is 0 Å². The molecule has 0 aromatic heterocycles. The molecule has 192 valence electrons. The number of aryl methyl sites for hydroxylation is 1. The molecule has 0 bridgehead atoms. The van der Waals surface area contributed by atoms with Crippen LogP contribution in [0.2, 0.25) is 0 Å². The zero-order valence-electron chi connectivity index (χ0n) is 22.1. The van der Waals surface area contributed by atoms with Crippen LogP contribution in [0, 0.1) is 0 Å². The summed E-state index contributed by atoms with van der Waals surface area (Å²) >= 11 is 0. The molecule has 3 nitrogen and oxygen atoms in total. The van der Waals surface area contributed by atoms with E-state index in [0.717, 1.165) is 24.3 Å². The number of rotatable bonds is 12. The van der Waals surface area contributed by atoms with E-state index in [2.05, 4.69) is 44.2 Å². The lowest BCUT2D eigenvalue weighted by Crippen LogP contribution is -2.27. The van der Waals surface area contributed by atoms with Gasteiger partial charge in [0, 0.05) is 11.5 Å². The summed E-state index contributed by atoms with van der Waals surface area (Å²) in [7, 11) is 0. The van der Waals surface area contributed by atoms with E-state index in [-0.39, 0.29) is 6.29 Å². The topological polar surface area (TPSA) is 27.7 Å². The monoisotopic (exact) mass is 478 g/mol. The molecule has 0 spiro atoms. The van der Waals surface area contributed by atoms with Crippen LogP contribution < -0.4 is 4.74 Å². The molecule has 2 aliphatic rings. The van der Waals surface area contributed by atoms with Gasteiger partial charge in [0.15, 0.2) is 6.29 Å². The van der Waals surface area contributed by atoms with Crippen molar-refractivity contribution >= 4 is 0 Å². The first-order chi connectivity index (χ1) is 17.3. The number of hydrogen-bond donors (Lipinski definition) is 0. The van der Waals surface area contributed by atoms with Gasteiger partial charge in [-0.1, -0.05) is 89.1 Å². The standard InChI is InChI=1S/C32H46O3/c1-3-5-7-11-21-33-29-18-16-27(17-19-29)32-34-23-28(24-35-32)30-20-15-25(12-6-4-2)22-31(30)26-13-9-8-10-14-26/h15-20,22,26,28,32H,3-14,21,23-24H2,1-2H3/t28-,32-. The molecule has 2 aromatic rings. The normalized spacial score (nSPS) is 21.2. The number of hydrogen-bond acceptors (Lipinski definition) is 3. The fourth-order valence-electron chi connectivity index (χ4n) is 5.61. The zero-order chi connectivity index (χ0) is 24.3. The van der Waals surface area contributed by atoms with Gasteiger partial charge in [0.1, 0.15) is 5.75 Å². The van der Waals surface area contributed by atoms with E-state index in [9.17, 15) is 0 Å². The second-order valence-corrected chi connectivity index (χ2v) is 10.6. The van der Waals surface area contributed by atoms with Crippen molar-refractivity contribution in [1.82, 2.24) is 0 Å². The van der Waals surface area contributed by atoms with Gasteiger partial charge in [0.05, 0.1) is 19.8 Å². The molecule has 1 saturated carbocycles. The highest BCUT2D eigenvalue weighted by molar-refractivity contribution is 5.38. The Morgan fingerprint density at radius 2 is 1.49 bits per heavy atom. The second-order valence-electron chi connectivity index (χ2n) is 10.6. The van der Waals surface area contributed by atoms with Crippen molar-refractivity contribution in [2.45, 2.75) is 109 Å². The van der Waals surface area contributed by atoms with Crippen LogP contribution in [-0.4, -0.2) is 19.8 Å². The Morgan fingerprint density at radius 3 is 2.20 bits per heavy atom. The second kappa shape index (κ2) is 14.0. The minimum Gasteiger partial charge on any atom is -0.494 e. The molecule has 1 aliphatic carbocycles. The summed E-state index contributed by atoms with van der Waals surface area (Å²) in [5.41, 5.74) is 5.61. The Hall–Kier alpha value is -1.84. The molecule has 35 heavy (non-hydrogen) atoms. The van der Waals surface area contributed by atoms with Crippen molar-refractivity contribution in [2.75, 3.05) is 19.8 Å². The van der Waals surface area contributed by atoms with Crippen LogP contribution in [0.4, 0.5) is 0 Å². The fourth-order valence-corrected chi connectivity index (χ4v) is 5.61. The molecular formula is C32H46O3. The largest absolute Gasteiger partial charge is 0.494 e. The predicted octanol–water partition coefficient (Wildman–Crippen LogP) is 8.87. The Kier molecular flexibility index (Phi) is 10.5. The molecule has 4 rings (SSSR count). The van der Waals surface area contributed by atoms with Crippen LogP contribution in [0.5, 0.6) is 5.75 Å². The van der Waals surface area contributed by atoms with E-state index in [4.69, 9.17) is 14.2 Å². The van der Waals surface area contributed by atoms with Crippen LogP contribution >= 0.6 is 0 Å². The van der Waals surface area contributed by atoms with E-state index in [0.29, 0.717) is 25.0 Å². The van der Waals surface area contributed by atoms with Gasteiger partial charge in [-0.25, -0.2) is 0 Å². The number of ether oxygens (including phenoxy) is 3. The molecule has 1 aliphatic heterocycles. The maximum Gasteiger partial charge on any atom is 0.183 e. The van der Waals surface area contributed by atoms with Gasteiger partial charge in [-0.15, -0.1) is 0 Å². The van der Waals surface area contributed by atoms with Crippen molar-refractivity contribution < 1.29 is 14.2 Å². The molecule has 2 aromatic carbocycles. The quantitative estimate of drug-likeness (QED) is 0.285. The summed E-state index contributed by atoms with van der Waals surface area (Å²) in [5, 5.41) is 0. The Bertz CT molecular complexity index is 861. The zero-order valence-corrected chi connectivity index (χ0v) is 22.1. The molecule has 0 atom stereocenters. The van der Waals surface area contributed by atoms with Crippen molar-refractivity contribution in [3.8, 4) is 5.75 Å². The minimum atomic E-state index is -0.285. The highest BCUT2D eigenvalue weighted by Gasteiger charge is 2.28. The van der Waals surface area contributed by atoms with Gasteiger partial charge in [-0.05, 0) is 66.8 Å². The summed E-state index contributed by atoms with van der Waals surface area (Å²) in [6, 6.07) is 15.5. The first kappa shape index (κ1) is 26.2. The van der Waals surface area contributed by atoms with Gasteiger partial charge in [0.2, 0.25) is 0 Å². The summed E-state index contributed by atoms with van der Waals surface area (Å²) in [4.78, 5) is 0. The predicted molar refractivity (Wildman–Crippen MR) is 144 cm³/mol. The van der Waals surface area contributed by atoms with E-state index < -0.39 is 0 Å². The van der Waals surface area contributed by atoms with E-state index in [1.807, 2.05) is 12.1 Å². The lowest BCUT2D eigenvalue weighted by molar-refractivity contribution is -0.191. The van der Waals surface area contributed by atoms with Crippen LogP contribution in [0.15, 0.2) is 42.5 Å². The maximum atomic E-state index is 6.27. The molecule has 0 radical (unpaired) electrons. The van der Waals surface area contributed by atoms with E-state index in [1.54, 1.807) is 5.56 Å². The maximum absolute atomic E-state index is 6.27. The average molecular weight is 479 g/mol. The Morgan fingerprint density at radius 1 is 0.743 bits per heavy atom. The van der Waals surface area contributed by atoms with Gasteiger partial charge >= 0.3 is 0 Å². The molecule has 1 heterocycles. The van der Waals surface area contributed by atoms with Crippen LogP contribution in [-0.2, 0) is 15.9 Å². The lowest BCUT2D eigenvalue weighted by atomic mass is 9.78. The third-order valence-electron chi connectivity index (χ3n) is 7.77. The third-order valence-corrected chi connectivity index (χ3v) is 7.77. The van der Waals surface area contributed by atoms with Gasteiger partial charge < -0.3 is 14.2 Å². The van der Waals surface area contributed by atoms with Crippen molar-refractivity contribution in [2.24, 2.45) is 0 Å². The van der Waals surface area contributed by atoms with Crippen LogP contribution in [0.25, 0.3) is 0 Å². The first-order valence-corrected chi connectivity index (χ1v) is 14.4. The Balaban J connectivity index is 1.35. The lowest BCUT2D eigenvalue weighted by Gasteiger charge is -2.33. The summed E-state index contributed by atoms with van der Waals surface area (Å²) in [6.07, 6.45) is 15.1. The first-order valence-electron chi connectivity index (χ1n) is 14.4. The summed E-state index contributed by atoms with van der Waals surface area (Å²) in [5.74, 6) is 1.95. The molecular weight excluding hydrogens is 432 g/mol. The smallest absolute Gasteiger partial charge is 0.183 e. The average Bonchev–Trinajstić information content (AvgIpc) is 2.93. The number of benzene rings is 2. The van der Waals surface area contributed by atoms with Gasteiger partial charge in [0.25, 0.3) is 0 Å². The van der Waals surface area contributed by atoms with Crippen LogP contribution in [0.3, 0.4) is 0 Å². The highest BCUT2D eigenvalue weighted by Crippen LogP contribution is 2.39. The minimum absolute atomic E-state index is 0.285. The highest BCUT2D eigenvalue weighted by atomic mass is 16.7. The van der Waals surface area contributed by atoms with Gasteiger partial charge in [-0.2, -0.15) is 0 Å². The van der Waals surface area contributed by atoms with Crippen LogP contribution in [0.1, 0.15) is 125 Å². The SMILES string of the molecule is CCCCCCOc1ccc([C@H]2OC[C@H](c3ccc(CCCC)cc3C3CCCCC3)CO2)cc1. The van der Waals surface area contributed by atoms with Crippen molar-refractivity contribution in [3.05, 3.63) is 64.7 Å². The summed E-state index contributed by atoms with van der Waals surface area (Å²) in [6.45, 7) is 6.73. The fraction of sp³-hybridized carbons (Fsp3) is 0.625. The van der Waals surface area contributed by atoms with Gasteiger partial charge in [-0.3, -0.25) is 0 Å². The van der Waals surface area contributed by atoms with Crippen molar-refractivity contribution in [1.29, 1.82) is 0 Å². The molecule has 1 saturated heterocycles.